The van der Waals surface area contributed by atoms with Crippen LogP contribution in [-0.4, -0.2) is 23.2 Å². The number of amides is 1. The van der Waals surface area contributed by atoms with E-state index in [9.17, 15) is 18.0 Å². The molecular formula is C16H12F3N3O2S2. The highest BCUT2D eigenvalue weighted by atomic mass is 32.2. The highest BCUT2D eigenvalue weighted by Gasteiger charge is 2.30. The third-order valence-electron chi connectivity index (χ3n) is 3.41. The van der Waals surface area contributed by atoms with E-state index >= 15 is 0 Å². The average molecular weight is 399 g/mol. The molecule has 3 rings (SSSR count). The van der Waals surface area contributed by atoms with Gasteiger partial charge in [0.1, 0.15) is 15.4 Å². The maximum atomic E-state index is 12.7. The van der Waals surface area contributed by atoms with Crippen molar-refractivity contribution in [3.05, 3.63) is 47.7 Å². The summed E-state index contributed by atoms with van der Waals surface area (Å²) in [7, 11) is 1.28. The van der Waals surface area contributed by atoms with Gasteiger partial charge in [0.05, 0.1) is 12.7 Å². The first kappa shape index (κ1) is 18.5. The van der Waals surface area contributed by atoms with Gasteiger partial charge in [0, 0.05) is 17.5 Å². The lowest BCUT2D eigenvalue weighted by Gasteiger charge is -2.06. The minimum Gasteiger partial charge on any atom is -0.452 e. The Balaban J connectivity index is 1.85. The van der Waals surface area contributed by atoms with Gasteiger partial charge < -0.3 is 4.74 Å². The van der Waals surface area contributed by atoms with Gasteiger partial charge in [-0.2, -0.15) is 13.2 Å². The second-order valence-electron chi connectivity index (χ2n) is 5.10. The first-order valence-electron chi connectivity index (χ1n) is 7.26. The van der Waals surface area contributed by atoms with Crippen LogP contribution in [0.25, 0.3) is 20.9 Å². The monoisotopic (exact) mass is 399 g/mol. The third-order valence-corrected chi connectivity index (χ3v) is 5.19. The van der Waals surface area contributed by atoms with E-state index in [-0.39, 0.29) is 0 Å². The van der Waals surface area contributed by atoms with Gasteiger partial charge in [-0.15, -0.1) is 0 Å². The molecule has 0 fully saturated rings. The first-order chi connectivity index (χ1) is 12.4. The van der Waals surface area contributed by atoms with Crippen LogP contribution in [-0.2, 0) is 16.7 Å². The molecule has 1 aromatic carbocycles. The fraction of sp³-hybridized carbons (Fsp3) is 0.188. The van der Waals surface area contributed by atoms with Crippen molar-refractivity contribution < 1.29 is 22.7 Å². The molecule has 0 saturated heterocycles. The molecule has 3 aromatic rings. The summed E-state index contributed by atoms with van der Waals surface area (Å²) >= 11 is 2.45. The maximum absolute atomic E-state index is 12.7. The highest BCUT2D eigenvalue weighted by molar-refractivity contribution is 7.97. The zero-order chi connectivity index (χ0) is 18.7. The van der Waals surface area contributed by atoms with Crippen LogP contribution >= 0.6 is 23.3 Å². The van der Waals surface area contributed by atoms with E-state index in [1.807, 2.05) is 0 Å². The first-order valence-corrected chi connectivity index (χ1v) is 9.06. The smallest absolute Gasteiger partial charge is 0.416 e. The molecule has 0 aliphatic carbocycles. The number of fused-ring (bicyclic) bond motifs is 1. The number of benzene rings is 1. The summed E-state index contributed by atoms with van der Waals surface area (Å²) in [6.07, 6.45) is -3.29. The molecule has 26 heavy (non-hydrogen) atoms. The summed E-state index contributed by atoms with van der Waals surface area (Å²) in [5, 5.41) is 0.583. The number of hydrogen-bond donors (Lipinski definition) is 1. The standard InChI is InChI=1S/C16H12F3N3O2S2/c1-24-15(23)22-25-8-10-6-7-20-14-12(10)21-13(26-14)9-2-4-11(5-3-9)16(17,18)19/h2-7H,8H2,1H3,(H,22,23). The number of rotatable bonds is 4. The number of nitrogens with zero attached hydrogens (tertiary/aromatic N) is 2. The highest BCUT2D eigenvalue weighted by Crippen LogP contribution is 2.34. The molecule has 10 heteroatoms. The van der Waals surface area contributed by atoms with Gasteiger partial charge in [0.2, 0.25) is 0 Å². The molecular weight excluding hydrogens is 387 g/mol. The summed E-state index contributed by atoms with van der Waals surface area (Å²) in [5.74, 6) is 0.449. The number of nitrogens with one attached hydrogen (secondary N) is 1. The molecule has 0 radical (unpaired) electrons. The zero-order valence-electron chi connectivity index (χ0n) is 13.3. The van der Waals surface area contributed by atoms with Gasteiger partial charge in [0.15, 0.2) is 0 Å². The Bertz CT molecular complexity index is 927. The normalized spacial score (nSPS) is 11.5. The molecule has 2 aromatic heterocycles. The fourth-order valence-corrected chi connectivity index (χ4v) is 3.76. The van der Waals surface area contributed by atoms with Crippen molar-refractivity contribution >= 4 is 39.7 Å². The van der Waals surface area contributed by atoms with Crippen LogP contribution in [0.15, 0.2) is 36.5 Å². The average Bonchev–Trinajstić information content (AvgIpc) is 3.06. The lowest BCUT2D eigenvalue weighted by Crippen LogP contribution is -2.15. The van der Waals surface area contributed by atoms with Gasteiger partial charge in [-0.3, -0.25) is 4.72 Å². The summed E-state index contributed by atoms with van der Waals surface area (Å²) in [5.41, 5.74) is 1.40. The number of methoxy groups -OCH3 is 1. The molecule has 0 unspecified atom stereocenters. The Morgan fingerprint density at radius 1 is 1.27 bits per heavy atom. The van der Waals surface area contributed by atoms with E-state index in [0.717, 1.165) is 29.6 Å². The molecule has 1 N–H and O–H groups in total. The van der Waals surface area contributed by atoms with Crippen molar-refractivity contribution in [2.24, 2.45) is 0 Å². The van der Waals surface area contributed by atoms with E-state index in [1.54, 1.807) is 12.3 Å². The van der Waals surface area contributed by atoms with Gasteiger partial charge in [-0.1, -0.05) is 23.5 Å². The topological polar surface area (TPSA) is 64.1 Å². The minimum atomic E-state index is -4.37. The van der Waals surface area contributed by atoms with Crippen LogP contribution < -0.4 is 4.72 Å². The summed E-state index contributed by atoms with van der Waals surface area (Å²) < 4.78 is 45.0. The SMILES string of the molecule is COC(=O)NSCc1ccnc2sc(-c3ccc(C(F)(F)F)cc3)nc12. The van der Waals surface area contributed by atoms with Crippen LogP contribution in [0, 0.1) is 0 Å². The van der Waals surface area contributed by atoms with Gasteiger partial charge in [0.25, 0.3) is 0 Å². The van der Waals surface area contributed by atoms with Crippen molar-refractivity contribution in [2.45, 2.75) is 11.9 Å². The fourth-order valence-electron chi connectivity index (χ4n) is 2.14. The molecule has 0 aliphatic heterocycles. The number of carbonyl (C=O) groups excluding carboxylic acids is 1. The van der Waals surface area contributed by atoms with Gasteiger partial charge in [-0.25, -0.2) is 14.8 Å². The van der Waals surface area contributed by atoms with E-state index < -0.39 is 17.8 Å². The van der Waals surface area contributed by atoms with Crippen LogP contribution in [0.5, 0.6) is 0 Å². The van der Waals surface area contributed by atoms with Crippen molar-refractivity contribution in [3.8, 4) is 10.6 Å². The zero-order valence-corrected chi connectivity index (χ0v) is 15.0. The molecule has 0 bridgehead atoms. The van der Waals surface area contributed by atoms with Crippen molar-refractivity contribution in [1.29, 1.82) is 0 Å². The van der Waals surface area contributed by atoms with Gasteiger partial charge in [-0.05, 0) is 35.7 Å². The molecule has 5 nitrogen and oxygen atoms in total. The number of carbonyl (C=O) groups is 1. The molecule has 2 heterocycles. The second kappa shape index (κ2) is 7.50. The number of aromatic nitrogens is 2. The number of alkyl halides is 3. The number of ether oxygens (including phenoxy) is 1. The third kappa shape index (κ3) is 4.07. The lowest BCUT2D eigenvalue weighted by atomic mass is 10.1. The molecule has 0 atom stereocenters. The number of pyridine rings is 1. The summed E-state index contributed by atoms with van der Waals surface area (Å²) in [4.78, 5) is 20.5. The largest absolute Gasteiger partial charge is 0.452 e. The summed E-state index contributed by atoms with van der Waals surface area (Å²) in [6.45, 7) is 0. The van der Waals surface area contributed by atoms with E-state index in [4.69, 9.17) is 0 Å². The number of halogens is 3. The van der Waals surface area contributed by atoms with Crippen molar-refractivity contribution in [3.63, 3.8) is 0 Å². The van der Waals surface area contributed by atoms with E-state index in [1.165, 1.54) is 30.6 Å². The van der Waals surface area contributed by atoms with Crippen LogP contribution in [0.4, 0.5) is 18.0 Å². The maximum Gasteiger partial charge on any atom is 0.416 e. The Kier molecular flexibility index (Phi) is 5.33. The molecule has 0 aliphatic rings. The Morgan fingerprint density at radius 2 is 2.00 bits per heavy atom. The Hall–Kier alpha value is -2.33. The lowest BCUT2D eigenvalue weighted by molar-refractivity contribution is -0.137. The predicted molar refractivity (Wildman–Crippen MR) is 94.7 cm³/mol. The van der Waals surface area contributed by atoms with Crippen LogP contribution in [0.1, 0.15) is 11.1 Å². The molecule has 136 valence electrons. The predicted octanol–water partition coefficient (Wildman–Crippen LogP) is 4.88. The van der Waals surface area contributed by atoms with Crippen LogP contribution in [0.3, 0.4) is 0 Å². The second-order valence-corrected chi connectivity index (χ2v) is 6.86. The van der Waals surface area contributed by atoms with E-state index in [0.29, 0.717) is 26.7 Å². The molecule has 0 saturated carbocycles. The molecule has 1 amide bonds. The van der Waals surface area contributed by atoms with Crippen molar-refractivity contribution in [1.82, 2.24) is 14.7 Å². The van der Waals surface area contributed by atoms with E-state index in [2.05, 4.69) is 19.4 Å². The minimum absolute atomic E-state index is 0.449. The Labute approximate surface area is 154 Å². The van der Waals surface area contributed by atoms with Crippen molar-refractivity contribution in [2.75, 3.05) is 7.11 Å². The van der Waals surface area contributed by atoms with Gasteiger partial charge >= 0.3 is 12.3 Å². The quantitative estimate of drug-likeness (QED) is 0.634. The molecule has 0 spiro atoms. The summed E-state index contributed by atoms with van der Waals surface area (Å²) in [6, 6.07) is 6.64. The number of thiazole rings is 1. The Morgan fingerprint density at radius 3 is 2.65 bits per heavy atom. The van der Waals surface area contributed by atoms with Crippen LogP contribution in [0.2, 0.25) is 0 Å². The number of hydrogen-bond acceptors (Lipinski definition) is 6.